The first-order chi connectivity index (χ1) is 10.3. The van der Waals surface area contributed by atoms with Crippen LogP contribution in [-0.2, 0) is 6.42 Å². The van der Waals surface area contributed by atoms with Gasteiger partial charge in [0.25, 0.3) is 0 Å². The fourth-order valence-electron chi connectivity index (χ4n) is 2.96. The van der Waals surface area contributed by atoms with Gasteiger partial charge in [0.1, 0.15) is 0 Å². The maximum atomic E-state index is 4.51. The van der Waals surface area contributed by atoms with Crippen molar-refractivity contribution in [3.05, 3.63) is 65.5 Å². The van der Waals surface area contributed by atoms with Gasteiger partial charge in [-0.1, -0.05) is 35.9 Å². The Hall–Kier alpha value is -1.71. The monoisotopic (exact) mass is 281 g/mol. The normalized spacial score (nSPS) is 17.6. The van der Waals surface area contributed by atoms with Crippen LogP contribution in [0.3, 0.4) is 0 Å². The van der Waals surface area contributed by atoms with Crippen LogP contribution in [0.5, 0.6) is 0 Å². The largest absolute Gasteiger partial charge is 0.314 e. The Labute approximate surface area is 127 Å². The third-order valence-corrected chi connectivity index (χ3v) is 4.18. The Balaban J connectivity index is 1.84. The average molecular weight is 281 g/mol. The molecule has 1 saturated heterocycles. The van der Waals surface area contributed by atoms with Gasteiger partial charge in [0.05, 0.1) is 0 Å². The van der Waals surface area contributed by atoms with Gasteiger partial charge in [-0.2, -0.15) is 0 Å². The first-order valence-corrected chi connectivity index (χ1v) is 7.74. The van der Waals surface area contributed by atoms with Gasteiger partial charge in [-0.3, -0.25) is 9.88 Å². The molecule has 110 valence electrons. The molecule has 1 fully saturated rings. The molecule has 1 atom stereocenters. The molecule has 1 aromatic heterocycles. The van der Waals surface area contributed by atoms with Crippen molar-refractivity contribution in [3.63, 3.8) is 0 Å². The van der Waals surface area contributed by atoms with Crippen molar-refractivity contribution < 1.29 is 0 Å². The van der Waals surface area contributed by atoms with Gasteiger partial charge in [0.15, 0.2) is 0 Å². The van der Waals surface area contributed by atoms with Gasteiger partial charge in [-0.25, -0.2) is 0 Å². The standard InChI is InChI=1S/C18H23N3/c1-15-5-7-16(8-6-15)18(21-12-10-19-11-13-21)14-17-4-2-3-9-20-17/h2-9,18-19H,10-14H2,1H3. The van der Waals surface area contributed by atoms with Crippen molar-refractivity contribution in [2.24, 2.45) is 0 Å². The van der Waals surface area contributed by atoms with Crippen LogP contribution in [0.4, 0.5) is 0 Å². The smallest absolute Gasteiger partial charge is 0.0422 e. The molecule has 21 heavy (non-hydrogen) atoms. The maximum Gasteiger partial charge on any atom is 0.0422 e. The zero-order chi connectivity index (χ0) is 14.5. The van der Waals surface area contributed by atoms with E-state index in [-0.39, 0.29) is 0 Å². The van der Waals surface area contributed by atoms with Crippen molar-refractivity contribution in [3.8, 4) is 0 Å². The Morgan fingerprint density at radius 1 is 1.10 bits per heavy atom. The lowest BCUT2D eigenvalue weighted by molar-refractivity contribution is 0.171. The molecule has 1 N–H and O–H groups in total. The number of piperazine rings is 1. The van der Waals surface area contributed by atoms with Crippen LogP contribution >= 0.6 is 0 Å². The van der Waals surface area contributed by atoms with Crippen molar-refractivity contribution in [1.29, 1.82) is 0 Å². The zero-order valence-electron chi connectivity index (χ0n) is 12.6. The lowest BCUT2D eigenvalue weighted by atomic mass is 9.98. The van der Waals surface area contributed by atoms with E-state index in [1.165, 1.54) is 16.8 Å². The van der Waals surface area contributed by atoms with Crippen LogP contribution in [0.1, 0.15) is 22.9 Å². The second-order valence-electron chi connectivity index (χ2n) is 5.74. The predicted molar refractivity (Wildman–Crippen MR) is 86.3 cm³/mol. The van der Waals surface area contributed by atoms with E-state index in [2.05, 4.69) is 58.5 Å². The number of hydrogen-bond acceptors (Lipinski definition) is 3. The first-order valence-electron chi connectivity index (χ1n) is 7.74. The van der Waals surface area contributed by atoms with E-state index in [1.807, 2.05) is 12.3 Å². The predicted octanol–water partition coefficient (Wildman–Crippen LogP) is 2.58. The summed E-state index contributed by atoms with van der Waals surface area (Å²) in [5, 5.41) is 3.44. The van der Waals surface area contributed by atoms with Crippen molar-refractivity contribution in [2.45, 2.75) is 19.4 Å². The third kappa shape index (κ3) is 3.69. The van der Waals surface area contributed by atoms with Crippen molar-refractivity contribution in [1.82, 2.24) is 15.2 Å². The van der Waals surface area contributed by atoms with Crippen LogP contribution in [0.25, 0.3) is 0 Å². The quantitative estimate of drug-likeness (QED) is 0.933. The molecule has 0 aliphatic carbocycles. The summed E-state index contributed by atoms with van der Waals surface area (Å²) in [6.07, 6.45) is 2.86. The van der Waals surface area contributed by atoms with Gasteiger partial charge < -0.3 is 5.32 Å². The van der Waals surface area contributed by atoms with E-state index in [4.69, 9.17) is 0 Å². The van der Waals surface area contributed by atoms with Crippen LogP contribution in [0.2, 0.25) is 0 Å². The summed E-state index contributed by atoms with van der Waals surface area (Å²) in [5.74, 6) is 0. The van der Waals surface area contributed by atoms with Gasteiger partial charge in [0, 0.05) is 50.5 Å². The Kier molecular flexibility index (Phi) is 4.63. The average Bonchev–Trinajstić information content (AvgIpc) is 2.55. The van der Waals surface area contributed by atoms with E-state index in [9.17, 15) is 0 Å². The highest BCUT2D eigenvalue weighted by molar-refractivity contribution is 5.25. The highest BCUT2D eigenvalue weighted by atomic mass is 15.2. The van der Waals surface area contributed by atoms with E-state index in [0.717, 1.165) is 32.6 Å². The Morgan fingerprint density at radius 3 is 2.52 bits per heavy atom. The molecule has 1 aliphatic rings. The number of nitrogens with zero attached hydrogens (tertiary/aromatic N) is 2. The molecular formula is C18H23N3. The summed E-state index contributed by atoms with van der Waals surface area (Å²) < 4.78 is 0. The number of nitrogens with one attached hydrogen (secondary N) is 1. The fraction of sp³-hybridized carbons (Fsp3) is 0.389. The van der Waals surface area contributed by atoms with E-state index in [1.54, 1.807) is 0 Å². The zero-order valence-corrected chi connectivity index (χ0v) is 12.6. The molecule has 0 radical (unpaired) electrons. The van der Waals surface area contributed by atoms with E-state index < -0.39 is 0 Å². The number of pyridine rings is 1. The molecule has 3 heteroatoms. The summed E-state index contributed by atoms with van der Waals surface area (Å²) in [4.78, 5) is 7.09. The van der Waals surface area contributed by atoms with Gasteiger partial charge >= 0.3 is 0 Å². The fourth-order valence-corrected chi connectivity index (χ4v) is 2.96. The molecule has 0 bridgehead atoms. The van der Waals surface area contributed by atoms with Crippen LogP contribution < -0.4 is 5.32 Å². The highest BCUT2D eigenvalue weighted by Crippen LogP contribution is 2.25. The number of rotatable bonds is 4. The number of aryl methyl sites for hydroxylation is 1. The summed E-state index contributed by atoms with van der Waals surface area (Å²) in [7, 11) is 0. The number of benzene rings is 1. The lowest BCUT2D eigenvalue weighted by Crippen LogP contribution is -2.45. The molecule has 1 aliphatic heterocycles. The minimum absolute atomic E-state index is 0.419. The van der Waals surface area contributed by atoms with E-state index in [0.29, 0.717) is 6.04 Å². The molecule has 0 amide bonds. The highest BCUT2D eigenvalue weighted by Gasteiger charge is 2.22. The minimum atomic E-state index is 0.419. The first kappa shape index (κ1) is 14.2. The summed E-state index contributed by atoms with van der Waals surface area (Å²) >= 11 is 0. The van der Waals surface area contributed by atoms with Crippen LogP contribution in [-0.4, -0.2) is 36.1 Å². The molecule has 0 spiro atoms. The second-order valence-corrected chi connectivity index (χ2v) is 5.74. The number of aromatic nitrogens is 1. The lowest BCUT2D eigenvalue weighted by Gasteiger charge is -2.35. The summed E-state index contributed by atoms with van der Waals surface area (Å²) in [5.41, 5.74) is 3.88. The van der Waals surface area contributed by atoms with Crippen LogP contribution in [0, 0.1) is 6.92 Å². The molecule has 3 rings (SSSR count). The molecule has 1 aromatic carbocycles. The topological polar surface area (TPSA) is 28.2 Å². The molecular weight excluding hydrogens is 258 g/mol. The molecule has 2 heterocycles. The number of hydrogen-bond donors (Lipinski definition) is 1. The second kappa shape index (κ2) is 6.83. The van der Waals surface area contributed by atoms with Crippen molar-refractivity contribution in [2.75, 3.05) is 26.2 Å². The third-order valence-electron chi connectivity index (χ3n) is 4.18. The van der Waals surface area contributed by atoms with Gasteiger partial charge in [-0.15, -0.1) is 0 Å². The Morgan fingerprint density at radius 2 is 1.86 bits per heavy atom. The van der Waals surface area contributed by atoms with E-state index >= 15 is 0 Å². The summed E-state index contributed by atoms with van der Waals surface area (Å²) in [6, 6.07) is 15.6. The van der Waals surface area contributed by atoms with Crippen molar-refractivity contribution >= 4 is 0 Å². The molecule has 2 aromatic rings. The molecule has 3 nitrogen and oxygen atoms in total. The SMILES string of the molecule is Cc1ccc(C(Cc2ccccn2)N2CCNCC2)cc1. The van der Waals surface area contributed by atoms with Gasteiger partial charge in [-0.05, 0) is 24.6 Å². The molecule has 0 saturated carbocycles. The van der Waals surface area contributed by atoms with Crippen LogP contribution in [0.15, 0.2) is 48.7 Å². The maximum absolute atomic E-state index is 4.51. The van der Waals surface area contributed by atoms with Gasteiger partial charge in [0.2, 0.25) is 0 Å². The Bertz CT molecular complexity index is 544. The minimum Gasteiger partial charge on any atom is -0.314 e. The summed E-state index contributed by atoms with van der Waals surface area (Å²) in [6.45, 7) is 6.49. The molecule has 1 unspecified atom stereocenters.